The maximum absolute atomic E-state index is 12.2. The number of esters is 1. The Kier molecular flexibility index (Phi) is 6.63. The number of ether oxygens (including phenoxy) is 4. The zero-order valence-electron chi connectivity index (χ0n) is 14.8. The lowest BCUT2D eigenvalue weighted by atomic mass is 10.1. The van der Waals surface area contributed by atoms with Crippen LogP contribution in [0.5, 0.6) is 17.2 Å². The Balaban J connectivity index is 2.24. The van der Waals surface area contributed by atoms with E-state index < -0.39 is 5.97 Å². The van der Waals surface area contributed by atoms with Crippen LogP contribution in [0.2, 0.25) is 0 Å². The van der Waals surface area contributed by atoms with Crippen LogP contribution >= 0.6 is 0 Å². The molecule has 26 heavy (non-hydrogen) atoms. The van der Waals surface area contributed by atoms with Crippen LogP contribution in [0.25, 0.3) is 6.08 Å². The number of rotatable bonds is 7. The van der Waals surface area contributed by atoms with E-state index in [1.807, 2.05) is 36.4 Å². The number of methoxy groups -OCH3 is 3. The van der Waals surface area contributed by atoms with Gasteiger partial charge in [0.2, 0.25) is 5.75 Å². The summed E-state index contributed by atoms with van der Waals surface area (Å²) >= 11 is 0. The first-order valence-corrected chi connectivity index (χ1v) is 7.75. The van der Waals surface area contributed by atoms with Crippen molar-refractivity contribution in [3.8, 4) is 23.3 Å². The van der Waals surface area contributed by atoms with Gasteiger partial charge in [-0.2, -0.15) is 5.26 Å². The van der Waals surface area contributed by atoms with Crippen LogP contribution in [0.15, 0.2) is 48.0 Å². The molecule has 0 aromatic heterocycles. The van der Waals surface area contributed by atoms with Crippen LogP contribution in [0.1, 0.15) is 11.1 Å². The summed E-state index contributed by atoms with van der Waals surface area (Å²) in [7, 11) is 4.48. The molecule has 6 nitrogen and oxygen atoms in total. The number of carbonyl (C=O) groups excluding carboxylic acids is 1. The summed E-state index contributed by atoms with van der Waals surface area (Å²) in [5.41, 5.74) is 1.26. The van der Waals surface area contributed by atoms with Gasteiger partial charge in [-0.1, -0.05) is 30.3 Å². The predicted molar refractivity (Wildman–Crippen MR) is 95.9 cm³/mol. The Labute approximate surface area is 152 Å². The molecule has 0 saturated heterocycles. The van der Waals surface area contributed by atoms with Crippen molar-refractivity contribution in [1.82, 2.24) is 0 Å². The lowest BCUT2D eigenvalue weighted by Crippen LogP contribution is -2.07. The highest BCUT2D eigenvalue weighted by molar-refractivity contribution is 5.98. The first-order chi connectivity index (χ1) is 12.6. The first-order valence-electron chi connectivity index (χ1n) is 7.75. The highest BCUT2D eigenvalue weighted by Crippen LogP contribution is 2.38. The van der Waals surface area contributed by atoms with Crippen molar-refractivity contribution in [2.24, 2.45) is 0 Å². The standard InChI is InChI=1S/C20H19NO5/c1-23-17-10-15(11-18(24-2)19(17)25-3)9-16(12-21)20(22)26-13-14-7-5-4-6-8-14/h4-11H,13H2,1-3H3/b16-9+. The summed E-state index contributed by atoms with van der Waals surface area (Å²) in [6.45, 7) is 0.0912. The molecule has 0 bridgehead atoms. The molecule has 0 amide bonds. The van der Waals surface area contributed by atoms with E-state index >= 15 is 0 Å². The SMILES string of the molecule is COc1cc(/C=C(\C#N)C(=O)OCc2ccccc2)cc(OC)c1OC. The maximum atomic E-state index is 12.2. The highest BCUT2D eigenvalue weighted by atomic mass is 16.5. The quantitative estimate of drug-likeness (QED) is 0.431. The fraction of sp³-hybridized carbons (Fsp3) is 0.200. The molecule has 0 aliphatic heterocycles. The summed E-state index contributed by atoms with van der Waals surface area (Å²) in [5, 5.41) is 9.30. The second kappa shape index (κ2) is 9.14. The molecular weight excluding hydrogens is 334 g/mol. The third-order valence-electron chi connectivity index (χ3n) is 3.55. The van der Waals surface area contributed by atoms with Crippen LogP contribution in [0.4, 0.5) is 0 Å². The summed E-state index contributed by atoms with van der Waals surface area (Å²) in [4.78, 5) is 12.2. The summed E-state index contributed by atoms with van der Waals surface area (Å²) in [6.07, 6.45) is 1.41. The predicted octanol–water partition coefficient (Wildman–Crippen LogP) is 3.36. The third kappa shape index (κ3) is 4.54. The Hall–Kier alpha value is -3.46. The second-order valence-electron chi connectivity index (χ2n) is 5.19. The lowest BCUT2D eigenvalue weighted by Gasteiger charge is -2.13. The van der Waals surface area contributed by atoms with Crippen molar-refractivity contribution in [3.63, 3.8) is 0 Å². The fourth-order valence-corrected chi connectivity index (χ4v) is 2.29. The molecule has 2 aromatic carbocycles. The highest BCUT2D eigenvalue weighted by Gasteiger charge is 2.15. The smallest absolute Gasteiger partial charge is 0.349 e. The number of nitrogens with zero attached hydrogens (tertiary/aromatic N) is 1. The Bertz CT molecular complexity index is 812. The minimum Gasteiger partial charge on any atom is -0.493 e. The van der Waals surface area contributed by atoms with E-state index in [0.717, 1.165) is 5.56 Å². The molecule has 0 heterocycles. The molecule has 0 atom stereocenters. The maximum Gasteiger partial charge on any atom is 0.349 e. The molecule has 0 unspecified atom stereocenters. The van der Waals surface area contributed by atoms with E-state index in [-0.39, 0.29) is 12.2 Å². The van der Waals surface area contributed by atoms with Crippen LogP contribution < -0.4 is 14.2 Å². The molecule has 0 spiro atoms. The minimum atomic E-state index is -0.704. The largest absolute Gasteiger partial charge is 0.493 e. The minimum absolute atomic E-state index is 0.0912. The van der Waals surface area contributed by atoms with E-state index in [0.29, 0.717) is 22.8 Å². The molecule has 0 aliphatic rings. The van der Waals surface area contributed by atoms with Crippen LogP contribution in [-0.2, 0) is 16.1 Å². The van der Waals surface area contributed by atoms with Gasteiger partial charge in [0.05, 0.1) is 21.3 Å². The average Bonchev–Trinajstić information content (AvgIpc) is 2.69. The van der Waals surface area contributed by atoms with Gasteiger partial charge in [0, 0.05) is 0 Å². The van der Waals surface area contributed by atoms with Gasteiger partial charge in [0.15, 0.2) is 11.5 Å². The van der Waals surface area contributed by atoms with Crippen LogP contribution in [0, 0.1) is 11.3 Å². The van der Waals surface area contributed by atoms with Gasteiger partial charge in [-0.3, -0.25) is 0 Å². The average molecular weight is 353 g/mol. The van der Waals surface area contributed by atoms with E-state index in [1.165, 1.54) is 27.4 Å². The Morgan fingerprint density at radius 2 is 1.65 bits per heavy atom. The Morgan fingerprint density at radius 1 is 1.04 bits per heavy atom. The monoisotopic (exact) mass is 353 g/mol. The molecule has 0 radical (unpaired) electrons. The zero-order valence-corrected chi connectivity index (χ0v) is 14.8. The van der Waals surface area contributed by atoms with Gasteiger partial charge in [0.1, 0.15) is 18.2 Å². The second-order valence-corrected chi connectivity index (χ2v) is 5.19. The van der Waals surface area contributed by atoms with Gasteiger partial charge in [-0.15, -0.1) is 0 Å². The van der Waals surface area contributed by atoms with Gasteiger partial charge < -0.3 is 18.9 Å². The van der Waals surface area contributed by atoms with Crippen LogP contribution in [-0.4, -0.2) is 27.3 Å². The van der Waals surface area contributed by atoms with Crippen molar-refractivity contribution in [2.45, 2.75) is 6.61 Å². The van der Waals surface area contributed by atoms with Crippen LogP contribution in [0.3, 0.4) is 0 Å². The molecule has 2 rings (SSSR count). The summed E-state index contributed by atoms with van der Waals surface area (Å²) < 4.78 is 21.0. The molecule has 0 aliphatic carbocycles. The van der Waals surface area contributed by atoms with Crippen molar-refractivity contribution in [2.75, 3.05) is 21.3 Å². The van der Waals surface area contributed by atoms with Gasteiger partial charge in [-0.05, 0) is 29.3 Å². The number of carbonyl (C=O) groups is 1. The molecule has 0 fully saturated rings. The molecule has 134 valence electrons. The van der Waals surface area contributed by atoms with Crippen molar-refractivity contribution in [1.29, 1.82) is 5.26 Å². The fourth-order valence-electron chi connectivity index (χ4n) is 2.29. The summed E-state index contributed by atoms with van der Waals surface area (Å²) in [6, 6.07) is 14.4. The molecule has 6 heteroatoms. The van der Waals surface area contributed by atoms with E-state index in [2.05, 4.69) is 0 Å². The van der Waals surface area contributed by atoms with E-state index in [9.17, 15) is 10.1 Å². The topological polar surface area (TPSA) is 77.8 Å². The van der Waals surface area contributed by atoms with Crippen molar-refractivity contribution in [3.05, 3.63) is 59.2 Å². The number of benzene rings is 2. The number of hydrogen-bond acceptors (Lipinski definition) is 6. The molecule has 0 N–H and O–H groups in total. The summed E-state index contributed by atoms with van der Waals surface area (Å²) in [5.74, 6) is 0.573. The van der Waals surface area contributed by atoms with Crippen molar-refractivity contribution < 1.29 is 23.7 Å². The van der Waals surface area contributed by atoms with Gasteiger partial charge in [0.25, 0.3) is 0 Å². The Morgan fingerprint density at radius 3 is 2.15 bits per heavy atom. The van der Waals surface area contributed by atoms with E-state index in [4.69, 9.17) is 18.9 Å². The normalized spacial score (nSPS) is 10.6. The number of hydrogen-bond donors (Lipinski definition) is 0. The molecule has 2 aromatic rings. The molecular formula is C20H19NO5. The number of nitriles is 1. The third-order valence-corrected chi connectivity index (χ3v) is 3.55. The van der Waals surface area contributed by atoms with Crippen molar-refractivity contribution >= 4 is 12.0 Å². The zero-order chi connectivity index (χ0) is 18.9. The lowest BCUT2D eigenvalue weighted by molar-refractivity contribution is -0.139. The van der Waals surface area contributed by atoms with Gasteiger partial charge in [-0.25, -0.2) is 4.79 Å². The molecule has 0 saturated carbocycles. The first kappa shape index (κ1) is 18.9. The van der Waals surface area contributed by atoms with E-state index in [1.54, 1.807) is 12.1 Å². The van der Waals surface area contributed by atoms with Gasteiger partial charge >= 0.3 is 5.97 Å².